The summed E-state index contributed by atoms with van der Waals surface area (Å²) in [6, 6.07) is 16.5. The molecule has 2 aromatic carbocycles. The largest absolute Gasteiger partial charge is 0.504 e. The summed E-state index contributed by atoms with van der Waals surface area (Å²) in [5, 5.41) is 23.4. The third-order valence-corrected chi connectivity index (χ3v) is 5.12. The monoisotopic (exact) mass is 405 g/mol. The number of phenolic OH excluding ortho intramolecular Hbond substituents is 1. The highest BCUT2D eigenvalue weighted by molar-refractivity contribution is 7.17. The molecule has 0 saturated carbocycles. The number of nitrogens with zero attached hydrogens (tertiary/aromatic N) is 2. The molecule has 0 bridgehead atoms. The predicted molar refractivity (Wildman–Crippen MR) is 115 cm³/mol. The lowest BCUT2D eigenvalue weighted by molar-refractivity contribution is -0.115. The Morgan fingerprint density at radius 2 is 2.07 bits per heavy atom. The van der Waals surface area contributed by atoms with Gasteiger partial charge in [-0.15, -0.1) is 0 Å². The minimum Gasteiger partial charge on any atom is -0.504 e. The van der Waals surface area contributed by atoms with Gasteiger partial charge in [0.1, 0.15) is 21.8 Å². The van der Waals surface area contributed by atoms with E-state index in [0.717, 1.165) is 5.56 Å². The fraction of sp³-hybridized carbons (Fsp3) is 0.136. The maximum absolute atomic E-state index is 12.0. The molecule has 1 amide bonds. The van der Waals surface area contributed by atoms with Gasteiger partial charge in [0, 0.05) is 12.0 Å². The minimum atomic E-state index is -0.122. The van der Waals surface area contributed by atoms with Crippen LogP contribution in [0.4, 0.5) is 5.00 Å². The number of hydrogen-bond acceptors (Lipinski definition) is 6. The normalized spacial score (nSPS) is 11.0. The molecular formula is C22H19N3O3S. The minimum absolute atomic E-state index is 0.0216. The number of phenols is 1. The molecule has 2 N–H and O–H groups in total. The molecule has 1 heterocycles. The van der Waals surface area contributed by atoms with E-state index in [-0.39, 0.29) is 11.7 Å². The van der Waals surface area contributed by atoms with E-state index in [9.17, 15) is 15.2 Å². The maximum atomic E-state index is 12.0. The number of ether oxygens (including phenoxy) is 1. The number of benzene rings is 2. The highest BCUT2D eigenvalue weighted by Crippen LogP contribution is 2.37. The first-order chi connectivity index (χ1) is 14.0. The van der Waals surface area contributed by atoms with Crippen LogP contribution in [-0.4, -0.2) is 23.1 Å². The Hall–Kier alpha value is -3.63. The standard InChI is InChI=1S/C22H19N3O3S/c1-3-19(27)24-22-20(15-7-5-4-6-8-15)25-21(29-22)16(13-23)11-14-9-10-17(26)18(12-14)28-2/h4-12,26H,3H2,1-2H3,(H,24,27). The Kier molecular flexibility index (Phi) is 6.27. The van der Waals surface area contributed by atoms with E-state index in [1.807, 2.05) is 30.3 Å². The quantitative estimate of drug-likeness (QED) is 0.567. The van der Waals surface area contributed by atoms with Crippen LogP contribution < -0.4 is 10.1 Å². The number of nitrogens with one attached hydrogen (secondary N) is 1. The molecule has 146 valence electrons. The van der Waals surface area contributed by atoms with Crippen molar-refractivity contribution in [1.82, 2.24) is 4.98 Å². The third-order valence-electron chi connectivity index (χ3n) is 4.11. The Morgan fingerprint density at radius 3 is 2.72 bits per heavy atom. The van der Waals surface area contributed by atoms with Crippen LogP contribution in [0.5, 0.6) is 11.5 Å². The van der Waals surface area contributed by atoms with E-state index in [0.29, 0.717) is 39.0 Å². The van der Waals surface area contributed by atoms with Gasteiger partial charge in [0.05, 0.1) is 12.7 Å². The number of aromatic hydroxyl groups is 1. The highest BCUT2D eigenvalue weighted by atomic mass is 32.1. The Bertz CT molecular complexity index is 1100. The van der Waals surface area contributed by atoms with Crippen molar-refractivity contribution in [2.75, 3.05) is 12.4 Å². The van der Waals surface area contributed by atoms with Crippen LogP contribution in [0.3, 0.4) is 0 Å². The summed E-state index contributed by atoms with van der Waals surface area (Å²) in [5.41, 5.74) is 2.51. The van der Waals surface area contributed by atoms with Crippen molar-refractivity contribution < 1.29 is 14.6 Å². The van der Waals surface area contributed by atoms with Crippen LogP contribution in [0.25, 0.3) is 22.9 Å². The summed E-state index contributed by atoms with van der Waals surface area (Å²) in [4.78, 5) is 16.6. The second-order valence-electron chi connectivity index (χ2n) is 6.07. The zero-order chi connectivity index (χ0) is 20.8. The number of aromatic nitrogens is 1. The van der Waals surface area contributed by atoms with E-state index >= 15 is 0 Å². The highest BCUT2D eigenvalue weighted by Gasteiger charge is 2.17. The molecule has 0 aliphatic rings. The average Bonchev–Trinajstić information content (AvgIpc) is 3.17. The van der Waals surface area contributed by atoms with Gasteiger partial charge in [0.2, 0.25) is 5.91 Å². The van der Waals surface area contributed by atoms with Gasteiger partial charge in [-0.2, -0.15) is 5.26 Å². The molecule has 0 saturated heterocycles. The number of thiazole rings is 1. The summed E-state index contributed by atoms with van der Waals surface area (Å²) < 4.78 is 5.12. The van der Waals surface area contributed by atoms with Crippen molar-refractivity contribution in [3.63, 3.8) is 0 Å². The van der Waals surface area contributed by atoms with Gasteiger partial charge in [-0.1, -0.05) is 54.7 Å². The Morgan fingerprint density at radius 1 is 1.31 bits per heavy atom. The molecule has 6 nitrogen and oxygen atoms in total. The summed E-state index contributed by atoms with van der Waals surface area (Å²) in [6.07, 6.45) is 2.01. The zero-order valence-electron chi connectivity index (χ0n) is 16.0. The Balaban J connectivity index is 2.06. The van der Waals surface area contributed by atoms with Crippen LogP contribution >= 0.6 is 11.3 Å². The molecule has 29 heavy (non-hydrogen) atoms. The Labute approximate surface area is 172 Å². The van der Waals surface area contributed by atoms with Crippen molar-refractivity contribution in [1.29, 1.82) is 5.26 Å². The first kappa shape index (κ1) is 20.1. The number of carbonyl (C=O) groups is 1. The van der Waals surface area contributed by atoms with E-state index in [1.165, 1.54) is 24.5 Å². The van der Waals surface area contributed by atoms with E-state index in [4.69, 9.17) is 4.74 Å². The molecular weight excluding hydrogens is 386 g/mol. The smallest absolute Gasteiger partial charge is 0.224 e. The van der Waals surface area contributed by atoms with Gasteiger partial charge >= 0.3 is 0 Å². The lowest BCUT2D eigenvalue weighted by atomic mass is 10.1. The first-order valence-electron chi connectivity index (χ1n) is 8.91. The summed E-state index contributed by atoms with van der Waals surface area (Å²) in [7, 11) is 1.46. The number of rotatable bonds is 6. The van der Waals surface area contributed by atoms with Gasteiger partial charge in [-0.05, 0) is 23.8 Å². The SMILES string of the molecule is CCC(=O)Nc1sc(C(C#N)=Cc2ccc(O)c(OC)c2)nc1-c1ccccc1. The van der Waals surface area contributed by atoms with Gasteiger partial charge in [-0.3, -0.25) is 4.79 Å². The van der Waals surface area contributed by atoms with Crippen LogP contribution in [-0.2, 0) is 4.79 Å². The topological polar surface area (TPSA) is 95.2 Å². The molecule has 0 aliphatic heterocycles. The first-order valence-corrected chi connectivity index (χ1v) is 9.72. The van der Waals surface area contributed by atoms with E-state index in [2.05, 4.69) is 16.4 Å². The van der Waals surface area contributed by atoms with Crippen molar-refractivity contribution in [2.24, 2.45) is 0 Å². The summed E-state index contributed by atoms with van der Waals surface area (Å²) in [6.45, 7) is 1.78. The van der Waals surface area contributed by atoms with Crippen molar-refractivity contribution in [3.05, 3.63) is 59.1 Å². The molecule has 0 aliphatic carbocycles. The fourth-order valence-electron chi connectivity index (χ4n) is 2.62. The number of anilines is 1. The third kappa shape index (κ3) is 4.62. The number of nitriles is 1. The van der Waals surface area contributed by atoms with Crippen LogP contribution in [0.15, 0.2) is 48.5 Å². The number of allylic oxidation sites excluding steroid dienone is 1. The number of methoxy groups -OCH3 is 1. The molecule has 1 aromatic heterocycles. The second-order valence-corrected chi connectivity index (χ2v) is 7.06. The molecule has 0 radical (unpaired) electrons. The lowest BCUT2D eigenvalue weighted by Gasteiger charge is -2.04. The maximum Gasteiger partial charge on any atom is 0.224 e. The molecule has 0 spiro atoms. The summed E-state index contributed by atoms with van der Waals surface area (Å²) >= 11 is 1.25. The van der Waals surface area contributed by atoms with E-state index in [1.54, 1.807) is 25.1 Å². The van der Waals surface area contributed by atoms with Gasteiger partial charge in [-0.25, -0.2) is 4.98 Å². The molecule has 3 rings (SSSR count). The molecule has 7 heteroatoms. The fourth-order valence-corrected chi connectivity index (χ4v) is 3.59. The van der Waals surface area contributed by atoms with E-state index < -0.39 is 0 Å². The lowest BCUT2D eigenvalue weighted by Crippen LogP contribution is -2.08. The van der Waals surface area contributed by atoms with Crippen LogP contribution in [0, 0.1) is 11.3 Å². The summed E-state index contributed by atoms with van der Waals surface area (Å²) in [5.74, 6) is 0.215. The van der Waals surface area contributed by atoms with Crippen molar-refractivity contribution in [3.8, 4) is 28.8 Å². The van der Waals surface area contributed by atoms with Gasteiger partial charge in [0.25, 0.3) is 0 Å². The van der Waals surface area contributed by atoms with Gasteiger partial charge in [0.15, 0.2) is 11.5 Å². The number of hydrogen-bond donors (Lipinski definition) is 2. The molecule has 3 aromatic rings. The van der Waals surface area contributed by atoms with Crippen molar-refractivity contribution >= 4 is 33.9 Å². The molecule has 0 unspecified atom stereocenters. The molecule has 0 fully saturated rings. The van der Waals surface area contributed by atoms with Crippen molar-refractivity contribution in [2.45, 2.75) is 13.3 Å². The second kappa shape index (κ2) is 9.04. The number of amides is 1. The zero-order valence-corrected chi connectivity index (χ0v) is 16.8. The van der Waals surface area contributed by atoms with Crippen LogP contribution in [0.2, 0.25) is 0 Å². The average molecular weight is 405 g/mol. The molecule has 0 atom stereocenters. The van der Waals surface area contributed by atoms with Crippen LogP contribution in [0.1, 0.15) is 23.9 Å². The predicted octanol–water partition coefficient (Wildman–Crippen LogP) is 4.94. The number of carbonyl (C=O) groups excluding carboxylic acids is 1. The van der Waals surface area contributed by atoms with Gasteiger partial charge < -0.3 is 15.2 Å².